The summed E-state index contributed by atoms with van der Waals surface area (Å²) in [5.41, 5.74) is 3.88. The van der Waals surface area contributed by atoms with E-state index in [0.29, 0.717) is 42.0 Å². The maximum atomic E-state index is 14.4. The molecule has 2 atom stereocenters. The molecule has 1 saturated heterocycles. The Bertz CT molecular complexity index is 1840. The van der Waals surface area contributed by atoms with Crippen LogP contribution in [-0.2, 0) is 7.05 Å². The number of hydrogen-bond donors (Lipinski definition) is 1. The molecule has 4 aromatic rings. The van der Waals surface area contributed by atoms with Crippen LogP contribution < -0.4 is 19.7 Å². The minimum absolute atomic E-state index is 0.245. The number of nitrogens with zero attached hydrogens (tertiary/aromatic N) is 5. The molecule has 3 amide bonds. The summed E-state index contributed by atoms with van der Waals surface area (Å²) >= 11 is 6.21. The molecule has 11 nitrogen and oxygen atoms in total. The molecule has 6 rings (SSSR count). The van der Waals surface area contributed by atoms with Crippen LogP contribution in [0.1, 0.15) is 74.0 Å². The number of ether oxygens (including phenoxy) is 2. The minimum Gasteiger partial charge on any atom is -0.493 e. The molecule has 3 heterocycles. The number of anilines is 1. The third-order valence-corrected chi connectivity index (χ3v) is 10.0. The average Bonchev–Trinajstić information content (AvgIpc) is 3.61. The van der Waals surface area contributed by atoms with Gasteiger partial charge in [-0.1, -0.05) is 54.1 Å². The van der Waals surface area contributed by atoms with E-state index in [9.17, 15) is 14.4 Å². The first kappa shape index (κ1) is 34.0. The quantitative estimate of drug-likeness (QED) is 0.154. The molecule has 1 aromatic heterocycles. The molecule has 2 aliphatic rings. The Hall–Kier alpha value is -4.87. The van der Waals surface area contributed by atoms with Gasteiger partial charge in [0.2, 0.25) is 0 Å². The molecule has 1 unspecified atom stereocenters. The minimum atomic E-state index is -0.623. The number of amides is 3. The fourth-order valence-corrected chi connectivity index (χ4v) is 6.98. The number of rotatable bonds is 12. The Morgan fingerprint density at radius 1 is 0.918 bits per heavy atom. The molecule has 3 aromatic carbocycles. The number of piperazine rings is 1. The van der Waals surface area contributed by atoms with E-state index in [1.54, 1.807) is 39.5 Å². The van der Waals surface area contributed by atoms with Crippen molar-refractivity contribution in [3.63, 3.8) is 0 Å². The summed E-state index contributed by atoms with van der Waals surface area (Å²) in [5.74, 6) is 0.00981. The molecule has 0 aliphatic carbocycles. The smallest absolute Gasteiger partial charge is 0.264 e. The fraction of sp³-hybridized carbons (Fsp3) is 0.351. The second-order valence-electron chi connectivity index (χ2n) is 12.3. The van der Waals surface area contributed by atoms with E-state index in [1.165, 1.54) is 21.3 Å². The van der Waals surface area contributed by atoms with Gasteiger partial charge in [0.1, 0.15) is 5.15 Å². The number of aromatic nitrogens is 2. The molecule has 0 saturated carbocycles. The van der Waals surface area contributed by atoms with Gasteiger partial charge in [0.05, 0.1) is 48.8 Å². The summed E-state index contributed by atoms with van der Waals surface area (Å²) in [6, 6.07) is 21.1. The number of fused-ring (bicyclic) bond motifs is 1. The number of aryl methyl sites for hydroxylation is 1. The van der Waals surface area contributed by atoms with Crippen LogP contribution >= 0.6 is 11.6 Å². The lowest BCUT2D eigenvalue weighted by atomic mass is 9.99. The van der Waals surface area contributed by atoms with Crippen LogP contribution in [-0.4, -0.2) is 84.2 Å². The summed E-state index contributed by atoms with van der Waals surface area (Å²) < 4.78 is 12.4. The van der Waals surface area contributed by atoms with Crippen molar-refractivity contribution in [1.82, 2.24) is 24.9 Å². The summed E-state index contributed by atoms with van der Waals surface area (Å²) in [6.07, 6.45) is 2.29. The SMILES string of the molecule is COc1ccc([C@@H](CCCNC(=O)c2cnn(C)c2Cl)N2C(=O)c3cccc(N4CCN(C(C)c5ccccc5)CC4)c3C2=O)cc1OC. The van der Waals surface area contributed by atoms with E-state index in [0.717, 1.165) is 37.4 Å². The topological polar surface area (TPSA) is 109 Å². The maximum absolute atomic E-state index is 14.4. The molecule has 0 spiro atoms. The Morgan fingerprint density at radius 2 is 1.65 bits per heavy atom. The van der Waals surface area contributed by atoms with Crippen LogP contribution in [0, 0.1) is 0 Å². The maximum Gasteiger partial charge on any atom is 0.264 e. The van der Waals surface area contributed by atoms with Crippen LogP contribution in [0.5, 0.6) is 11.5 Å². The lowest BCUT2D eigenvalue weighted by molar-refractivity contribution is 0.0570. The highest BCUT2D eigenvalue weighted by molar-refractivity contribution is 6.32. The van der Waals surface area contributed by atoms with Crippen molar-refractivity contribution >= 4 is 35.0 Å². The van der Waals surface area contributed by atoms with E-state index in [-0.39, 0.29) is 34.5 Å². The molecule has 0 bridgehead atoms. The first-order valence-electron chi connectivity index (χ1n) is 16.5. The summed E-state index contributed by atoms with van der Waals surface area (Å²) in [7, 11) is 4.76. The zero-order chi connectivity index (χ0) is 34.7. The molecule has 12 heteroatoms. The van der Waals surface area contributed by atoms with Crippen molar-refractivity contribution in [2.75, 3.05) is 51.8 Å². The number of methoxy groups -OCH3 is 2. The number of carbonyl (C=O) groups excluding carboxylic acids is 3. The number of carbonyl (C=O) groups is 3. The van der Waals surface area contributed by atoms with E-state index in [2.05, 4.69) is 51.4 Å². The van der Waals surface area contributed by atoms with E-state index in [1.807, 2.05) is 24.3 Å². The third-order valence-electron chi connectivity index (χ3n) is 9.56. The molecule has 1 fully saturated rings. The van der Waals surface area contributed by atoms with Gasteiger partial charge in [-0.25, -0.2) is 0 Å². The number of nitrogens with one attached hydrogen (secondary N) is 1. The summed E-state index contributed by atoms with van der Waals surface area (Å²) in [6.45, 7) is 5.64. The largest absolute Gasteiger partial charge is 0.493 e. The van der Waals surface area contributed by atoms with Crippen molar-refractivity contribution in [3.05, 3.63) is 106 Å². The van der Waals surface area contributed by atoms with Crippen molar-refractivity contribution in [3.8, 4) is 11.5 Å². The molecular weight excluding hydrogens is 644 g/mol. The number of imide groups is 1. The summed E-state index contributed by atoms with van der Waals surface area (Å²) in [5, 5.41) is 7.16. The van der Waals surface area contributed by atoms with E-state index < -0.39 is 6.04 Å². The van der Waals surface area contributed by atoms with Crippen LogP contribution in [0.15, 0.2) is 72.9 Å². The van der Waals surface area contributed by atoms with Crippen molar-refractivity contribution in [1.29, 1.82) is 0 Å². The normalized spacial score (nSPS) is 16.0. The Balaban J connectivity index is 1.22. The van der Waals surface area contributed by atoms with Crippen LogP contribution in [0.25, 0.3) is 0 Å². The second-order valence-corrected chi connectivity index (χ2v) is 12.6. The van der Waals surface area contributed by atoms with Crippen LogP contribution in [0.3, 0.4) is 0 Å². The highest BCUT2D eigenvalue weighted by atomic mass is 35.5. The average molecular weight is 685 g/mol. The van der Waals surface area contributed by atoms with Crippen LogP contribution in [0.2, 0.25) is 5.15 Å². The van der Waals surface area contributed by atoms with Gasteiger partial charge in [-0.15, -0.1) is 0 Å². The van der Waals surface area contributed by atoms with E-state index in [4.69, 9.17) is 21.1 Å². The van der Waals surface area contributed by atoms with Gasteiger partial charge in [0.15, 0.2) is 11.5 Å². The second kappa shape index (κ2) is 14.7. The Labute approximate surface area is 291 Å². The highest BCUT2D eigenvalue weighted by Crippen LogP contribution is 2.40. The zero-order valence-corrected chi connectivity index (χ0v) is 28.9. The monoisotopic (exact) mass is 684 g/mol. The Kier molecular flexibility index (Phi) is 10.2. The summed E-state index contributed by atoms with van der Waals surface area (Å²) in [4.78, 5) is 47.3. The highest BCUT2D eigenvalue weighted by Gasteiger charge is 2.43. The van der Waals surface area contributed by atoms with Gasteiger partial charge >= 0.3 is 0 Å². The zero-order valence-electron chi connectivity index (χ0n) is 28.2. The van der Waals surface area contributed by atoms with Gasteiger partial charge in [-0.2, -0.15) is 5.10 Å². The van der Waals surface area contributed by atoms with Gasteiger partial charge in [0.25, 0.3) is 17.7 Å². The van der Waals surface area contributed by atoms with Crippen LogP contribution in [0.4, 0.5) is 5.69 Å². The lowest BCUT2D eigenvalue weighted by Crippen LogP contribution is -2.47. The fourth-order valence-electron chi connectivity index (χ4n) is 6.80. The molecule has 2 aliphatic heterocycles. The molecule has 49 heavy (non-hydrogen) atoms. The molecule has 256 valence electrons. The first-order chi connectivity index (χ1) is 23.7. The Morgan fingerprint density at radius 3 is 2.33 bits per heavy atom. The molecular formula is C37H41ClN6O5. The molecule has 0 radical (unpaired) electrons. The van der Waals surface area contributed by atoms with Crippen molar-refractivity contribution in [2.24, 2.45) is 7.05 Å². The number of benzene rings is 3. The van der Waals surface area contributed by atoms with Gasteiger partial charge in [-0.05, 0) is 55.2 Å². The van der Waals surface area contributed by atoms with Gasteiger partial charge in [-0.3, -0.25) is 28.9 Å². The van der Waals surface area contributed by atoms with Gasteiger partial charge < -0.3 is 19.7 Å². The predicted octanol–water partition coefficient (Wildman–Crippen LogP) is 5.52. The number of halogens is 1. The van der Waals surface area contributed by atoms with Gasteiger partial charge in [0, 0.05) is 45.8 Å². The van der Waals surface area contributed by atoms with Crippen molar-refractivity contribution < 1.29 is 23.9 Å². The molecule has 1 N–H and O–H groups in total. The van der Waals surface area contributed by atoms with Crippen molar-refractivity contribution in [2.45, 2.75) is 31.8 Å². The number of hydrogen-bond acceptors (Lipinski definition) is 8. The first-order valence-corrected chi connectivity index (χ1v) is 16.8. The third kappa shape index (κ3) is 6.73. The predicted molar refractivity (Wildman–Crippen MR) is 188 cm³/mol. The van der Waals surface area contributed by atoms with E-state index >= 15 is 0 Å². The lowest BCUT2D eigenvalue weighted by Gasteiger charge is -2.39. The standard InChI is InChI=1S/C37H41ClN6O5/c1-24(25-10-6-5-7-11-25)42-18-20-43(21-19-42)30-13-8-12-27-33(30)37(47)44(36(27)46)29(26-15-16-31(48-3)32(22-26)49-4)14-9-17-39-35(45)28-23-40-41(2)34(28)38/h5-8,10-13,15-16,22-24,29H,9,14,17-21H2,1-4H3,(H,39,45)/t24?,29-/m1/s1.